The molecule has 11 aromatic rings. The lowest BCUT2D eigenvalue weighted by atomic mass is 10.1. The van der Waals surface area contributed by atoms with E-state index in [1.807, 2.05) is 103 Å². The first-order valence-electron chi connectivity index (χ1n) is 21.9. The van der Waals surface area contributed by atoms with Crippen molar-refractivity contribution in [3.63, 3.8) is 0 Å². The summed E-state index contributed by atoms with van der Waals surface area (Å²) in [6.45, 7) is 0. The van der Waals surface area contributed by atoms with Gasteiger partial charge in [-0.25, -0.2) is 19.7 Å². The maximum atomic E-state index is 12.2. The van der Waals surface area contributed by atoms with Crippen LogP contribution in [-0.4, -0.2) is 44.2 Å². The number of amides is 2. The Morgan fingerprint density at radius 3 is 1.58 bits per heavy atom. The first-order valence-corrected chi connectivity index (χ1v) is 21.9. The number of carboxylic acids is 1. The minimum atomic E-state index is -4.80. The van der Waals surface area contributed by atoms with Crippen molar-refractivity contribution in [1.29, 1.82) is 0 Å². The van der Waals surface area contributed by atoms with Crippen molar-refractivity contribution in [1.82, 2.24) is 15.0 Å². The van der Waals surface area contributed by atoms with Crippen LogP contribution in [0, 0.1) is 0 Å². The summed E-state index contributed by atoms with van der Waals surface area (Å²) >= 11 is 0. The molecule has 11 rings (SSSR count). The molecule has 362 valence electrons. The number of alkyl halides is 3. The highest BCUT2D eigenvalue weighted by molar-refractivity contribution is 5.95. The van der Waals surface area contributed by atoms with Gasteiger partial charge in [-0.1, -0.05) is 54.6 Å². The van der Waals surface area contributed by atoms with Gasteiger partial charge in [0.05, 0.1) is 5.56 Å². The Hall–Kier alpha value is -10.2. The fourth-order valence-corrected chi connectivity index (χ4v) is 7.15. The number of fused-ring (bicyclic) bond motifs is 3. The third kappa shape index (κ3) is 12.0. The van der Waals surface area contributed by atoms with Gasteiger partial charge in [0.1, 0.15) is 33.8 Å². The quantitative estimate of drug-likeness (QED) is 0.0945. The number of para-hydroxylation sites is 2. The molecular weight excluding hydrogens is 946 g/mol. The monoisotopic (exact) mass is 982 g/mol. The van der Waals surface area contributed by atoms with E-state index in [4.69, 9.17) is 34.6 Å². The van der Waals surface area contributed by atoms with Gasteiger partial charge in [-0.05, 0) is 121 Å². The predicted octanol–water partition coefficient (Wildman–Crippen LogP) is 12.8. The molecule has 0 bridgehead atoms. The Kier molecular flexibility index (Phi) is 13.6. The molecule has 3 heterocycles. The Morgan fingerprint density at radius 1 is 0.466 bits per heavy atom. The normalized spacial score (nSPS) is 11.0. The number of carbonyl (C=O) groups excluding carboxylic acids is 2. The molecule has 0 aliphatic carbocycles. The summed E-state index contributed by atoms with van der Waals surface area (Å²) in [7, 11) is 0. The van der Waals surface area contributed by atoms with Crippen molar-refractivity contribution in [3.8, 4) is 51.6 Å². The molecule has 0 saturated heterocycles. The summed E-state index contributed by atoms with van der Waals surface area (Å²) in [5, 5.41) is 12.3. The number of carbonyl (C=O) groups is 3. The van der Waals surface area contributed by atoms with Gasteiger partial charge in [-0.3, -0.25) is 9.59 Å². The zero-order valence-corrected chi connectivity index (χ0v) is 37.7. The van der Waals surface area contributed by atoms with E-state index in [0.29, 0.717) is 67.6 Å². The van der Waals surface area contributed by atoms with Crippen LogP contribution in [0.1, 0.15) is 31.1 Å². The smallest absolute Gasteiger partial charge is 0.478 e. The largest absolute Gasteiger partial charge is 0.573 e. The number of aromatic nitrogens is 3. The van der Waals surface area contributed by atoms with E-state index in [2.05, 4.69) is 25.0 Å². The second-order valence-electron chi connectivity index (χ2n) is 15.7. The lowest BCUT2D eigenvalue weighted by Crippen LogP contribution is -2.17. The number of benzene rings is 8. The zero-order chi connectivity index (χ0) is 51.1. The third-order valence-electron chi connectivity index (χ3n) is 10.5. The molecule has 8 aromatic carbocycles. The third-order valence-corrected chi connectivity index (χ3v) is 10.5. The minimum absolute atomic E-state index is 0.0338. The predicted molar refractivity (Wildman–Crippen MR) is 265 cm³/mol. The number of anilines is 2. The van der Waals surface area contributed by atoms with Crippen molar-refractivity contribution in [2.24, 2.45) is 11.5 Å². The summed E-state index contributed by atoms with van der Waals surface area (Å²) in [6.07, 6.45) is -4.80. The van der Waals surface area contributed by atoms with Crippen LogP contribution in [0.15, 0.2) is 201 Å². The highest BCUT2D eigenvalue weighted by Crippen LogP contribution is 2.33. The number of nitrogens with one attached hydrogen (secondary N) is 1. The van der Waals surface area contributed by atoms with E-state index in [1.54, 1.807) is 42.5 Å². The van der Waals surface area contributed by atoms with Crippen LogP contribution in [0.25, 0.3) is 67.7 Å². The molecule has 73 heavy (non-hydrogen) atoms. The second kappa shape index (κ2) is 20.8. The lowest BCUT2D eigenvalue weighted by Gasteiger charge is -2.08. The summed E-state index contributed by atoms with van der Waals surface area (Å²) in [6, 6.07) is 53.7. The molecule has 0 unspecified atom stereocenters. The van der Waals surface area contributed by atoms with E-state index < -0.39 is 29.9 Å². The minimum Gasteiger partial charge on any atom is -0.478 e. The maximum absolute atomic E-state index is 12.2. The fourth-order valence-electron chi connectivity index (χ4n) is 7.15. The summed E-state index contributed by atoms with van der Waals surface area (Å²) in [5.41, 5.74) is 18.5. The number of carboxylic acid groups (broad SMARTS) is 1. The molecule has 15 nitrogen and oxygen atoms in total. The maximum Gasteiger partial charge on any atom is 0.573 e. The molecule has 6 N–H and O–H groups in total. The SMILES string of the molecule is NC(=O)c1cccc(-c2nc3ccc(Nc4ccccc4)cc3o2)c1.NC(=O)c1cccc(-c2nc3ccc(Oc4ccccc4)cc3o2)c1.O=C(O)c1ccc2oc(-c3cccc(OC(F)(F)F)c3)nc2c1. The number of rotatable bonds is 11. The van der Waals surface area contributed by atoms with Crippen molar-refractivity contribution in [2.75, 3.05) is 5.32 Å². The summed E-state index contributed by atoms with van der Waals surface area (Å²) in [5.74, 6) is -0.132. The number of aromatic carboxylic acids is 1. The number of hydrogen-bond donors (Lipinski definition) is 4. The van der Waals surface area contributed by atoms with Crippen LogP contribution in [0.4, 0.5) is 24.5 Å². The Morgan fingerprint density at radius 2 is 0.986 bits per heavy atom. The standard InChI is InChI=1S/C20H15N3O2.C20H14N2O3.C15H8F3NO4/c21-19(24)13-5-4-6-14(11-13)20-23-17-10-9-16(12-18(17)25-20)22-15-7-2-1-3-8-15;21-19(23)13-5-4-6-14(11-13)20-22-17-10-9-16(12-18(17)25-20)24-15-7-2-1-3-8-15;16-15(17,18)23-10-3-1-2-8(6-10)13-19-11-7-9(14(20)21)4-5-12(11)22-13/h1-12,22H,(H2,21,24);1-12H,(H2,21,23);1-7H,(H,20,21). The molecule has 3 aromatic heterocycles. The molecule has 0 aliphatic rings. The van der Waals surface area contributed by atoms with Crippen LogP contribution in [0.3, 0.4) is 0 Å². The molecule has 0 fully saturated rings. The van der Waals surface area contributed by atoms with Crippen LogP contribution in [0.2, 0.25) is 0 Å². The Balaban J connectivity index is 0.000000135. The molecule has 2 amide bonds. The molecule has 18 heteroatoms. The van der Waals surface area contributed by atoms with E-state index in [0.717, 1.165) is 34.8 Å². The van der Waals surface area contributed by atoms with E-state index in [1.165, 1.54) is 30.3 Å². The zero-order valence-electron chi connectivity index (χ0n) is 37.7. The number of oxazole rings is 3. The first-order chi connectivity index (χ1) is 35.2. The molecule has 0 spiro atoms. The number of ether oxygens (including phenoxy) is 2. The molecular formula is C55H37F3N6O9. The average Bonchev–Trinajstić information content (AvgIpc) is 4.14. The summed E-state index contributed by atoms with van der Waals surface area (Å²) in [4.78, 5) is 46.6. The van der Waals surface area contributed by atoms with Crippen LogP contribution in [0.5, 0.6) is 17.2 Å². The highest BCUT2D eigenvalue weighted by Gasteiger charge is 2.31. The number of nitrogens with two attached hydrogens (primary N) is 2. The second-order valence-corrected chi connectivity index (χ2v) is 15.7. The van der Waals surface area contributed by atoms with Gasteiger partial charge in [0.25, 0.3) is 0 Å². The van der Waals surface area contributed by atoms with Crippen molar-refractivity contribution >= 4 is 62.5 Å². The van der Waals surface area contributed by atoms with Crippen LogP contribution < -0.4 is 26.3 Å². The van der Waals surface area contributed by atoms with E-state index in [9.17, 15) is 27.6 Å². The molecule has 0 aliphatic heterocycles. The van der Waals surface area contributed by atoms with Gasteiger partial charge >= 0.3 is 12.3 Å². The average molecular weight is 983 g/mol. The fraction of sp³-hybridized carbons (Fsp3) is 0.0182. The topological polar surface area (TPSA) is 232 Å². The Labute approximate surface area is 411 Å². The molecule has 0 radical (unpaired) electrons. The van der Waals surface area contributed by atoms with Crippen molar-refractivity contribution in [2.45, 2.75) is 6.36 Å². The van der Waals surface area contributed by atoms with E-state index >= 15 is 0 Å². The van der Waals surface area contributed by atoms with Gasteiger partial charge in [0.15, 0.2) is 16.7 Å². The van der Waals surface area contributed by atoms with Crippen LogP contribution in [-0.2, 0) is 0 Å². The highest BCUT2D eigenvalue weighted by atomic mass is 19.4. The van der Waals surface area contributed by atoms with Gasteiger partial charge in [0, 0.05) is 51.3 Å². The molecule has 0 atom stereocenters. The number of nitrogens with zero attached hydrogens (tertiary/aromatic N) is 3. The first kappa shape index (κ1) is 47.8. The number of hydrogen-bond acceptors (Lipinski definition) is 12. The molecule has 0 saturated carbocycles. The van der Waals surface area contributed by atoms with Crippen LogP contribution >= 0.6 is 0 Å². The van der Waals surface area contributed by atoms with Gasteiger partial charge < -0.3 is 44.6 Å². The number of halogens is 3. The summed E-state index contributed by atoms with van der Waals surface area (Å²) < 4.78 is 63.5. The lowest BCUT2D eigenvalue weighted by molar-refractivity contribution is -0.274. The van der Waals surface area contributed by atoms with Gasteiger partial charge in [0.2, 0.25) is 29.5 Å². The Bertz CT molecular complexity index is 3610. The van der Waals surface area contributed by atoms with E-state index in [-0.39, 0.29) is 17.0 Å². The van der Waals surface area contributed by atoms with Crippen molar-refractivity contribution in [3.05, 3.63) is 205 Å². The van der Waals surface area contributed by atoms with Crippen molar-refractivity contribution < 1.29 is 55.4 Å². The van der Waals surface area contributed by atoms with Gasteiger partial charge in [-0.15, -0.1) is 13.2 Å². The number of primary amides is 2. The van der Waals surface area contributed by atoms with Gasteiger partial charge in [-0.2, -0.15) is 0 Å².